The molecule has 200 valence electrons. The monoisotopic (exact) mass is 593 g/mol. The molecule has 1 saturated carbocycles. The maximum Gasteiger partial charge on any atom is 0.272 e. The van der Waals surface area contributed by atoms with Crippen LogP contribution in [0, 0.1) is 0 Å². The Morgan fingerprint density at radius 2 is 1.92 bits per heavy atom. The number of fused-ring (bicyclic) bond motifs is 1. The van der Waals surface area contributed by atoms with E-state index >= 15 is 0 Å². The van der Waals surface area contributed by atoms with Crippen LogP contribution in [0.3, 0.4) is 0 Å². The predicted molar refractivity (Wildman–Crippen MR) is 149 cm³/mol. The quantitative estimate of drug-likeness (QED) is 0.255. The molecular weight excluding hydrogens is 569 g/mol. The maximum absolute atomic E-state index is 13.0. The average molecular weight is 595 g/mol. The third-order valence-electron chi connectivity index (χ3n) is 6.51. The van der Waals surface area contributed by atoms with Gasteiger partial charge in [-0.15, -0.1) is 11.3 Å². The fourth-order valence-electron chi connectivity index (χ4n) is 4.34. The van der Waals surface area contributed by atoms with Crippen molar-refractivity contribution in [2.24, 2.45) is 0 Å². The number of hydrogen-bond acceptors (Lipinski definition) is 7. The molecule has 0 saturated heterocycles. The summed E-state index contributed by atoms with van der Waals surface area (Å²) in [4.78, 5) is 12.7. The normalized spacial score (nSPS) is 14.4. The average Bonchev–Trinajstić information content (AvgIpc) is 3.46. The second kappa shape index (κ2) is 10.4. The topological polar surface area (TPSA) is 106 Å². The van der Waals surface area contributed by atoms with Crippen molar-refractivity contribution in [2.75, 3.05) is 18.9 Å². The number of aromatic nitrogens is 2. The molecule has 2 aromatic carbocycles. The van der Waals surface area contributed by atoms with Crippen LogP contribution in [0.5, 0.6) is 5.75 Å². The second-order valence-electron chi connectivity index (χ2n) is 9.00. The van der Waals surface area contributed by atoms with E-state index in [1.807, 2.05) is 36.4 Å². The molecule has 1 aliphatic rings. The number of ether oxygens (including phenoxy) is 1. The molecular formula is C25H25Cl2N5O4S2. The van der Waals surface area contributed by atoms with Gasteiger partial charge in [-0.3, -0.25) is 14.2 Å². The van der Waals surface area contributed by atoms with Crippen LogP contribution in [-0.2, 0) is 27.9 Å². The Kier molecular flexibility index (Phi) is 7.31. The molecule has 2 heterocycles. The first-order chi connectivity index (χ1) is 18.2. The molecule has 0 aliphatic heterocycles. The molecule has 9 nitrogen and oxygen atoms in total. The minimum absolute atomic E-state index is 0.0826. The van der Waals surface area contributed by atoms with Crippen LogP contribution in [-0.4, -0.2) is 48.2 Å². The minimum atomic E-state index is -3.91. The molecule has 0 spiro atoms. The van der Waals surface area contributed by atoms with Gasteiger partial charge in [0, 0.05) is 11.8 Å². The van der Waals surface area contributed by atoms with Crippen LogP contribution in [0.25, 0.3) is 10.9 Å². The molecule has 4 aromatic rings. The molecule has 38 heavy (non-hydrogen) atoms. The summed E-state index contributed by atoms with van der Waals surface area (Å²) in [6.45, 7) is 0.598. The first kappa shape index (κ1) is 26.8. The number of methoxy groups -OCH3 is 1. The third-order valence-corrected chi connectivity index (χ3v) is 9.84. The van der Waals surface area contributed by atoms with Crippen LogP contribution < -0.4 is 14.8 Å². The fraction of sp³-hybridized carbons (Fsp3) is 0.280. The molecule has 0 unspecified atom stereocenters. The van der Waals surface area contributed by atoms with E-state index in [0.717, 1.165) is 35.3 Å². The largest absolute Gasteiger partial charge is 0.496 e. The molecule has 1 aliphatic carbocycles. The standard InChI is InChI=1S/C25H25Cl2N5O4S2/c1-28-25(11-12-25)24(33)31(27)14-16-5-3-6-17(13-16)15-32-18-7-4-8-19(36-2)22(18)23(29-32)30-38(34,35)21-10-9-20(26)37-21/h3-10,13,28H,11-12,14-15H2,1-2H3,(H,29,30). The summed E-state index contributed by atoms with van der Waals surface area (Å²) in [6, 6.07) is 16.1. The van der Waals surface area contributed by atoms with Gasteiger partial charge in [-0.2, -0.15) is 5.10 Å². The van der Waals surface area contributed by atoms with E-state index in [1.54, 1.807) is 17.8 Å². The Bertz CT molecular complexity index is 1610. The number of likely N-dealkylation sites (N-methyl/N-ethyl adjacent to an activating group) is 1. The smallest absolute Gasteiger partial charge is 0.272 e. The number of sulfonamides is 1. The molecule has 0 radical (unpaired) electrons. The molecule has 1 fully saturated rings. The number of nitrogens with zero attached hydrogens (tertiary/aromatic N) is 3. The van der Waals surface area contributed by atoms with Crippen molar-refractivity contribution < 1.29 is 17.9 Å². The summed E-state index contributed by atoms with van der Waals surface area (Å²) in [6.07, 6.45) is 1.54. The van der Waals surface area contributed by atoms with Gasteiger partial charge in [-0.1, -0.05) is 41.9 Å². The number of halogens is 2. The predicted octanol–water partition coefficient (Wildman–Crippen LogP) is 4.84. The third kappa shape index (κ3) is 5.21. The Morgan fingerprint density at radius 3 is 2.58 bits per heavy atom. The van der Waals surface area contributed by atoms with Crippen molar-refractivity contribution in [1.29, 1.82) is 0 Å². The van der Waals surface area contributed by atoms with Crippen molar-refractivity contribution in [3.8, 4) is 5.75 Å². The Balaban J connectivity index is 1.43. The summed E-state index contributed by atoms with van der Waals surface area (Å²) in [5, 5.41) is 8.21. The Morgan fingerprint density at radius 1 is 1.18 bits per heavy atom. The number of anilines is 1. The lowest BCUT2D eigenvalue weighted by Crippen LogP contribution is -2.43. The Hall–Kier alpha value is -2.83. The zero-order valence-electron chi connectivity index (χ0n) is 20.6. The summed E-state index contributed by atoms with van der Waals surface area (Å²) in [5.74, 6) is 0.498. The van der Waals surface area contributed by atoms with Gasteiger partial charge in [-0.25, -0.2) is 12.8 Å². The highest BCUT2D eigenvalue weighted by atomic mass is 35.5. The highest BCUT2D eigenvalue weighted by molar-refractivity contribution is 7.94. The van der Waals surface area contributed by atoms with E-state index in [2.05, 4.69) is 15.1 Å². The number of thiophene rings is 1. The summed E-state index contributed by atoms with van der Waals surface area (Å²) in [7, 11) is -0.623. The molecule has 2 N–H and O–H groups in total. The van der Waals surface area contributed by atoms with Crippen molar-refractivity contribution in [3.63, 3.8) is 0 Å². The van der Waals surface area contributed by atoms with E-state index in [9.17, 15) is 13.2 Å². The number of nitrogens with one attached hydrogen (secondary N) is 2. The minimum Gasteiger partial charge on any atom is -0.496 e. The van der Waals surface area contributed by atoms with Crippen LogP contribution in [0.1, 0.15) is 24.0 Å². The number of amides is 1. The Labute approximate surface area is 234 Å². The van der Waals surface area contributed by atoms with Gasteiger partial charge in [0.15, 0.2) is 5.82 Å². The molecule has 13 heteroatoms. The second-order valence-corrected chi connectivity index (χ2v) is 13.0. The zero-order chi connectivity index (χ0) is 27.1. The van der Waals surface area contributed by atoms with E-state index < -0.39 is 15.6 Å². The van der Waals surface area contributed by atoms with Gasteiger partial charge in [-0.05, 0) is 55.3 Å². The number of carbonyl (C=O) groups is 1. The zero-order valence-corrected chi connectivity index (χ0v) is 23.7. The number of benzene rings is 2. The van der Waals surface area contributed by atoms with Crippen molar-refractivity contribution >= 4 is 67.4 Å². The summed E-state index contributed by atoms with van der Waals surface area (Å²) >= 11 is 13.3. The van der Waals surface area contributed by atoms with Gasteiger partial charge in [0.05, 0.1) is 41.0 Å². The first-order valence-electron chi connectivity index (χ1n) is 11.7. The number of rotatable bonds is 10. The van der Waals surface area contributed by atoms with Gasteiger partial charge >= 0.3 is 0 Å². The number of carbonyl (C=O) groups excluding carboxylic acids is 1. The molecule has 1 amide bonds. The van der Waals surface area contributed by atoms with Gasteiger partial charge in [0.1, 0.15) is 9.96 Å². The SMILES string of the molecule is CNC1(C(=O)N(Cl)Cc2cccc(Cn3nc(NS(=O)(=O)c4ccc(Cl)s4)c4c(OC)cccc43)c2)CC1. The van der Waals surface area contributed by atoms with E-state index in [4.69, 9.17) is 28.1 Å². The lowest BCUT2D eigenvalue weighted by molar-refractivity contribution is -0.130. The number of hydrogen-bond donors (Lipinski definition) is 2. The van der Waals surface area contributed by atoms with Crippen LogP contribution in [0.15, 0.2) is 58.8 Å². The van der Waals surface area contributed by atoms with Crippen LogP contribution in [0.2, 0.25) is 4.34 Å². The van der Waals surface area contributed by atoms with Gasteiger partial charge < -0.3 is 10.1 Å². The highest BCUT2D eigenvalue weighted by Crippen LogP contribution is 2.38. The van der Waals surface area contributed by atoms with Crippen molar-refractivity contribution in [3.05, 3.63) is 70.1 Å². The van der Waals surface area contributed by atoms with Crippen molar-refractivity contribution in [2.45, 2.75) is 35.7 Å². The fourth-order valence-corrected chi connectivity index (χ4v) is 7.13. The maximum atomic E-state index is 13.0. The highest BCUT2D eigenvalue weighted by Gasteiger charge is 2.50. The molecule has 0 bridgehead atoms. The lowest BCUT2D eigenvalue weighted by Gasteiger charge is -2.20. The van der Waals surface area contributed by atoms with E-state index in [1.165, 1.54) is 23.7 Å². The van der Waals surface area contributed by atoms with E-state index in [-0.39, 0.29) is 22.5 Å². The summed E-state index contributed by atoms with van der Waals surface area (Å²) in [5.41, 5.74) is 1.91. The van der Waals surface area contributed by atoms with Gasteiger partial charge in [0.2, 0.25) is 0 Å². The first-order valence-corrected chi connectivity index (χ1v) is 14.7. The van der Waals surface area contributed by atoms with Crippen LogP contribution in [0.4, 0.5) is 5.82 Å². The van der Waals surface area contributed by atoms with Crippen LogP contribution >= 0.6 is 34.7 Å². The molecule has 0 atom stereocenters. The molecule has 5 rings (SSSR count). The van der Waals surface area contributed by atoms with Gasteiger partial charge in [0.25, 0.3) is 15.9 Å². The summed E-state index contributed by atoms with van der Waals surface area (Å²) < 4.78 is 37.5. The lowest BCUT2D eigenvalue weighted by atomic mass is 10.1. The van der Waals surface area contributed by atoms with Crippen molar-refractivity contribution in [1.82, 2.24) is 19.5 Å². The molecule has 2 aromatic heterocycles. The van der Waals surface area contributed by atoms with E-state index in [0.29, 0.717) is 27.5 Å².